The monoisotopic (exact) mass is 308 g/mol. The molecule has 116 valence electrons. The number of anilines is 2. The number of nitrogens with zero attached hydrogens (tertiary/aromatic N) is 3. The molecular weight excluding hydrogens is 292 g/mol. The summed E-state index contributed by atoms with van der Waals surface area (Å²) in [6.45, 7) is 1.95. The van der Waals surface area contributed by atoms with Gasteiger partial charge in [-0.15, -0.1) is 0 Å². The molecule has 0 amide bonds. The van der Waals surface area contributed by atoms with E-state index in [9.17, 15) is 9.90 Å². The van der Waals surface area contributed by atoms with Crippen LogP contribution in [-0.4, -0.2) is 25.8 Å². The fourth-order valence-electron chi connectivity index (χ4n) is 2.48. The Balaban J connectivity index is 2.03. The molecule has 0 aliphatic carbocycles. The van der Waals surface area contributed by atoms with E-state index in [4.69, 9.17) is 0 Å². The Bertz CT molecular complexity index is 856. The van der Waals surface area contributed by atoms with Crippen LogP contribution in [-0.2, 0) is 7.05 Å². The Kier molecular flexibility index (Phi) is 3.80. The van der Waals surface area contributed by atoms with Crippen molar-refractivity contribution in [1.29, 1.82) is 0 Å². The fraction of sp³-hybridized carbons (Fsp3) is 0.118. The summed E-state index contributed by atoms with van der Waals surface area (Å²) < 4.78 is 1.70. The number of carboxylic acid groups (broad SMARTS) is 1. The molecule has 3 aromatic rings. The normalized spacial score (nSPS) is 10.5. The second kappa shape index (κ2) is 5.92. The maximum atomic E-state index is 11.3. The first-order valence-corrected chi connectivity index (χ1v) is 7.11. The maximum absolute atomic E-state index is 11.3. The van der Waals surface area contributed by atoms with Crippen molar-refractivity contribution in [3.05, 3.63) is 59.9 Å². The van der Waals surface area contributed by atoms with Crippen molar-refractivity contribution < 1.29 is 9.90 Å². The van der Waals surface area contributed by atoms with Crippen LogP contribution < -0.4 is 5.32 Å². The molecule has 1 aromatic carbocycles. The van der Waals surface area contributed by atoms with Gasteiger partial charge in [0.05, 0.1) is 23.1 Å². The van der Waals surface area contributed by atoms with Gasteiger partial charge >= 0.3 is 5.97 Å². The van der Waals surface area contributed by atoms with Gasteiger partial charge in [0.25, 0.3) is 0 Å². The number of pyridine rings is 1. The van der Waals surface area contributed by atoms with Crippen molar-refractivity contribution in [3.8, 4) is 11.3 Å². The summed E-state index contributed by atoms with van der Waals surface area (Å²) in [7, 11) is 1.82. The van der Waals surface area contributed by atoms with E-state index in [1.165, 1.54) is 18.5 Å². The Hall–Kier alpha value is -3.15. The zero-order valence-corrected chi connectivity index (χ0v) is 12.8. The SMILES string of the molecule is Cc1c(-c2ccccc2)nn(C)c1Nc1cnccc1C(=O)O. The van der Waals surface area contributed by atoms with Gasteiger partial charge in [0.15, 0.2) is 0 Å². The quantitative estimate of drug-likeness (QED) is 0.773. The smallest absolute Gasteiger partial charge is 0.337 e. The van der Waals surface area contributed by atoms with Crippen LogP contribution in [0, 0.1) is 6.92 Å². The third-order valence-corrected chi connectivity index (χ3v) is 3.64. The van der Waals surface area contributed by atoms with Crippen LogP contribution in [0.2, 0.25) is 0 Å². The highest BCUT2D eigenvalue weighted by atomic mass is 16.4. The molecule has 0 saturated heterocycles. The van der Waals surface area contributed by atoms with Crippen LogP contribution in [0.4, 0.5) is 11.5 Å². The summed E-state index contributed by atoms with van der Waals surface area (Å²) in [5.74, 6) is -0.266. The molecule has 2 heterocycles. The Morgan fingerprint density at radius 1 is 1.22 bits per heavy atom. The molecule has 0 spiro atoms. The zero-order chi connectivity index (χ0) is 16.4. The first kappa shape index (κ1) is 14.8. The minimum atomic E-state index is -1.00. The lowest BCUT2D eigenvalue weighted by atomic mass is 10.1. The Morgan fingerprint density at radius 3 is 2.65 bits per heavy atom. The standard InChI is InChI=1S/C17H16N4O2/c1-11-15(12-6-4-3-5-7-12)20-21(2)16(11)19-14-10-18-9-8-13(14)17(22)23/h3-10,19H,1-2H3,(H,22,23). The topological polar surface area (TPSA) is 80.0 Å². The first-order chi connectivity index (χ1) is 11.1. The number of hydrogen-bond donors (Lipinski definition) is 2. The molecule has 0 aliphatic rings. The van der Waals surface area contributed by atoms with E-state index >= 15 is 0 Å². The number of aryl methyl sites for hydroxylation is 1. The van der Waals surface area contributed by atoms with Gasteiger partial charge in [-0.05, 0) is 13.0 Å². The van der Waals surface area contributed by atoms with Crippen LogP contribution in [0.1, 0.15) is 15.9 Å². The number of aromatic nitrogens is 3. The number of carboxylic acids is 1. The van der Waals surface area contributed by atoms with Gasteiger partial charge < -0.3 is 10.4 Å². The number of aromatic carboxylic acids is 1. The van der Waals surface area contributed by atoms with Gasteiger partial charge in [-0.25, -0.2) is 4.79 Å². The van der Waals surface area contributed by atoms with Crippen molar-refractivity contribution >= 4 is 17.5 Å². The molecule has 2 N–H and O–H groups in total. The lowest BCUT2D eigenvalue weighted by Crippen LogP contribution is -2.06. The summed E-state index contributed by atoms with van der Waals surface area (Å²) >= 11 is 0. The van der Waals surface area contributed by atoms with Crippen LogP contribution in [0.3, 0.4) is 0 Å². The molecular formula is C17H16N4O2. The fourth-order valence-corrected chi connectivity index (χ4v) is 2.48. The number of hydrogen-bond acceptors (Lipinski definition) is 4. The molecule has 6 heteroatoms. The van der Waals surface area contributed by atoms with E-state index in [0.29, 0.717) is 5.69 Å². The van der Waals surface area contributed by atoms with Crippen molar-refractivity contribution in [1.82, 2.24) is 14.8 Å². The van der Waals surface area contributed by atoms with Gasteiger partial charge in [0.1, 0.15) is 5.82 Å². The molecule has 0 atom stereocenters. The highest BCUT2D eigenvalue weighted by Gasteiger charge is 2.16. The van der Waals surface area contributed by atoms with Gasteiger partial charge in [-0.2, -0.15) is 5.10 Å². The summed E-state index contributed by atoms with van der Waals surface area (Å²) in [5.41, 5.74) is 3.42. The van der Waals surface area contributed by atoms with Gasteiger partial charge in [-0.3, -0.25) is 9.67 Å². The van der Waals surface area contributed by atoms with Crippen LogP contribution >= 0.6 is 0 Å². The summed E-state index contributed by atoms with van der Waals surface area (Å²) in [6, 6.07) is 11.3. The molecule has 2 aromatic heterocycles. The zero-order valence-electron chi connectivity index (χ0n) is 12.8. The average Bonchev–Trinajstić information content (AvgIpc) is 2.84. The third kappa shape index (κ3) is 2.78. The molecule has 3 rings (SSSR count). The molecule has 0 radical (unpaired) electrons. The highest BCUT2D eigenvalue weighted by molar-refractivity contribution is 5.95. The number of carbonyl (C=O) groups is 1. The van der Waals surface area contributed by atoms with Crippen molar-refractivity contribution in [2.45, 2.75) is 6.92 Å². The molecule has 0 bridgehead atoms. The van der Waals surface area contributed by atoms with Crippen LogP contribution in [0.25, 0.3) is 11.3 Å². The van der Waals surface area contributed by atoms with Crippen LogP contribution in [0.15, 0.2) is 48.8 Å². The average molecular weight is 308 g/mol. The highest BCUT2D eigenvalue weighted by Crippen LogP contribution is 2.30. The predicted molar refractivity (Wildman–Crippen MR) is 87.9 cm³/mol. The molecule has 23 heavy (non-hydrogen) atoms. The van der Waals surface area contributed by atoms with Crippen molar-refractivity contribution in [2.24, 2.45) is 7.05 Å². The van der Waals surface area contributed by atoms with Gasteiger partial charge in [0, 0.05) is 24.4 Å². The lowest BCUT2D eigenvalue weighted by molar-refractivity contribution is 0.0698. The molecule has 0 aliphatic heterocycles. The summed E-state index contributed by atoms with van der Waals surface area (Å²) in [4.78, 5) is 15.3. The molecule has 0 unspecified atom stereocenters. The first-order valence-electron chi connectivity index (χ1n) is 7.11. The third-order valence-electron chi connectivity index (χ3n) is 3.64. The molecule has 0 fully saturated rings. The lowest BCUT2D eigenvalue weighted by Gasteiger charge is -2.10. The second-order valence-corrected chi connectivity index (χ2v) is 5.16. The van der Waals surface area contributed by atoms with Gasteiger partial charge in [-0.1, -0.05) is 30.3 Å². The summed E-state index contributed by atoms with van der Waals surface area (Å²) in [5, 5.41) is 17.0. The molecule has 0 saturated carbocycles. The second-order valence-electron chi connectivity index (χ2n) is 5.16. The largest absolute Gasteiger partial charge is 0.478 e. The minimum absolute atomic E-state index is 0.168. The Labute approximate surface area is 133 Å². The van der Waals surface area contributed by atoms with E-state index in [2.05, 4.69) is 15.4 Å². The Morgan fingerprint density at radius 2 is 1.96 bits per heavy atom. The van der Waals surface area contributed by atoms with E-state index in [0.717, 1.165) is 22.6 Å². The molecule has 6 nitrogen and oxygen atoms in total. The van der Waals surface area contributed by atoms with E-state index in [1.54, 1.807) is 4.68 Å². The van der Waals surface area contributed by atoms with E-state index in [-0.39, 0.29) is 5.56 Å². The number of rotatable bonds is 4. The summed E-state index contributed by atoms with van der Waals surface area (Å²) in [6.07, 6.45) is 2.96. The number of benzene rings is 1. The maximum Gasteiger partial charge on any atom is 0.337 e. The predicted octanol–water partition coefficient (Wildman–Crippen LogP) is 3.23. The number of nitrogens with one attached hydrogen (secondary N) is 1. The van der Waals surface area contributed by atoms with E-state index in [1.807, 2.05) is 44.3 Å². The minimum Gasteiger partial charge on any atom is -0.478 e. The van der Waals surface area contributed by atoms with Crippen molar-refractivity contribution in [2.75, 3.05) is 5.32 Å². The van der Waals surface area contributed by atoms with Gasteiger partial charge in [0.2, 0.25) is 0 Å². The van der Waals surface area contributed by atoms with E-state index < -0.39 is 5.97 Å². The van der Waals surface area contributed by atoms with Crippen molar-refractivity contribution in [3.63, 3.8) is 0 Å². The van der Waals surface area contributed by atoms with Crippen LogP contribution in [0.5, 0.6) is 0 Å².